The van der Waals surface area contributed by atoms with Crippen LogP contribution in [0.15, 0.2) is 0 Å². The number of thiol groups is 1. The standard InChI is InChI=1S/C9H19NOS/c1-9(11)4-2-5-10(8-9)6-3-7-12/h11-12H,2-8H2,1H3. The fourth-order valence-corrected chi connectivity index (χ4v) is 1.95. The summed E-state index contributed by atoms with van der Waals surface area (Å²) in [6, 6.07) is 0. The van der Waals surface area contributed by atoms with Gasteiger partial charge < -0.3 is 10.0 Å². The van der Waals surface area contributed by atoms with Crippen LogP contribution in [0.2, 0.25) is 0 Å². The molecule has 0 amide bonds. The molecule has 0 aliphatic carbocycles. The molecule has 12 heavy (non-hydrogen) atoms. The first-order valence-electron chi connectivity index (χ1n) is 4.70. The number of rotatable bonds is 3. The summed E-state index contributed by atoms with van der Waals surface area (Å²) in [6.45, 7) is 4.99. The molecule has 72 valence electrons. The van der Waals surface area contributed by atoms with E-state index in [1.54, 1.807) is 0 Å². The van der Waals surface area contributed by atoms with Gasteiger partial charge in [0.1, 0.15) is 0 Å². The Kier molecular flexibility index (Phi) is 3.87. The van der Waals surface area contributed by atoms with Crippen molar-refractivity contribution in [3.8, 4) is 0 Å². The van der Waals surface area contributed by atoms with Gasteiger partial charge in [0.2, 0.25) is 0 Å². The molecule has 1 unspecified atom stereocenters. The Bertz CT molecular complexity index is 138. The van der Waals surface area contributed by atoms with Crippen LogP contribution in [-0.2, 0) is 0 Å². The van der Waals surface area contributed by atoms with E-state index in [4.69, 9.17) is 0 Å². The van der Waals surface area contributed by atoms with Gasteiger partial charge >= 0.3 is 0 Å². The maximum absolute atomic E-state index is 9.78. The Morgan fingerprint density at radius 1 is 1.58 bits per heavy atom. The van der Waals surface area contributed by atoms with Crippen LogP contribution in [0, 0.1) is 0 Å². The molecule has 0 bridgehead atoms. The molecule has 1 aliphatic heterocycles. The van der Waals surface area contributed by atoms with Gasteiger partial charge in [-0.1, -0.05) is 0 Å². The average Bonchev–Trinajstić information content (AvgIpc) is 1.99. The summed E-state index contributed by atoms with van der Waals surface area (Å²) in [5.74, 6) is 0.943. The minimum Gasteiger partial charge on any atom is -0.389 e. The molecular weight excluding hydrogens is 170 g/mol. The third-order valence-corrected chi connectivity index (χ3v) is 2.70. The van der Waals surface area contributed by atoms with Gasteiger partial charge in [-0.05, 0) is 45.0 Å². The second kappa shape index (κ2) is 4.49. The number of hydrogen-bond acceptors (Lipinski definition) is 3. The summed E-state index contributed by atoms with van der Waals surface area (Å²) in [5.41, 5.74) is -0.450. The van der Waals surface area contributed by atoms with Crippen LogP contribution in [0.1, 0.15) is 26.2 Å². The molecule has 0 aromatic rings. The van der Waals surface area contributed by atoms with Crippen LogP contribution in [-0.4, -0.2) is 41.0 Å². The van der Waals surface area contributed by atoms with E-state index in [2.05, 4.69) is 17.5 Å². The monoisotopic (exact) mass is 189 g/mol. The number of hydrogen-bond donors (Lipinski definition) is 2. The average molecular weight is 189 g/mol. The molecule has 0 radical (unpaired) electrons. The molecule has 1 N–H and O–H groups in total. The van der Waals surface area contributed by atoms with Crippen molar-refractivity contribution in [2.24, 2.45) is 0 Å². The fraction of sp³-hybridized carbons (Fsp3) is 1.00. The van der Waals surface area contributed by atoms with Crippen LogP contribution in [0.25, 0.3) is 0 Å². The largest absolute Gasteiger partial charge is 0.389 e. The molecule has 2 nitrogen and oxygen atoms in total. The molecule has 3 heteroatoms. The zero-order valence-electron chi connectivity index (χ0n) is 7.79. The minimum atomic E-state index is -0.450. The Balaban J connectivity index is 2.26. The summed E-state index contributed by atoms with van der Waals surface area (Å²) >= 11 is 4.17. The number of β-amino-alcohol motifs (C(OH)–C–C–N with tert-alkyl or cyclic N) is 1. The maximum atomic E-state index is 9.78. The maximum Gasteiger partial charge on any atom is 0.0746 e. The number of likely N-dealkylation sites (tertiary alicyclic amines) is 1. The van der Waals surface area contributed by atoms with Gasteiger partial charge in [0.15, 0.2) is 0 Å². The third-order valence-electron chi connectivity index (χ3n) is 2.39. The van der Waals surface area contributed by atoms with E-state index < -0.39 is 5.60 Å². The summed E-state index contributed by atoms with van der Waals surface area (Å²) in [6.07, 6.45) is 3.20. The van der Waals surface area contributed by atoms with Gasteiger partial charge in [0.05, 0.1) is 5.60 Å². The van der Waals surface area contributed by atoms with Crippen LogP contribution >= 0.6 is 12.6 Å². The van der Waals surface area contributed by atoms with Gasteiger partial charge in [0.25, 0.3) is 0 Å². The highest BCUT2D eigenvalue weighted by atomic mass is 32.1. The van der Waals surface area contributed by atoms with Crippen LogP contribution < -0.4 is 0 Å². The van der Waals surface area contributed by atoms with Crippen LogP contribution in [0.5, 0.6) is 0 Å². The first kappa shape index (κ1) is 10.4. The van der Waals surface area contributed by atoms with E-state index in [-0.39, 0.29) is 0 Å². The van der Waals surface area contributed by atoms with Gasteiger partial charge in [0, 0.05) is 6.54 Å². The van der Waals surface area contributed by atoms with Crippen molar-refractivity contribution in [1.82, 2.24) is 4.90 Å². The van der Waals surface area contributed by atoms with E-state index in [1.165, 1.54) is 0 Å². The molecule has 0 spiro atoms. The van der Waals surface area contributed by atoms with Crippen molar-refractivity contribution in [2.45, 2.75) is 31.8 Å². The predicted molar refractivity (Wildman–Crippen MR) is 54.8 cm³/mol. The second-order valence-electron chi connectivity index (χ2n) is 3.95. The van der Waals surface area contributed by atoms with Gasteiger partial charge in [-0.2, -0.15) is 12.6 Å². The molecule has 0 aromatic heterocycles. The quantitative estimate of drug-likeness (QED) is 0.651. The molecule has 0 saturated carbocycles. The Morgan fingerprint density at radius 3 is 2.92 bits per heavy atom. The van der Waals surface area contributed by atoms with Crippen molar-refractivity contribution in [2.75, 3.05) is 25.4 Å². The van der Waals surface area contributed by atoms with E-state index in [0.29, 0.717) is 0 Å². The first-order valence-corrected chi connectivity index (χ1v) is 5.33. The zero-order chi connectivity index (χ0) is 9.03. The Labute approximate surface area is 80.4 Å². The fourth-order valence-electron chi connectivity index (χ4n) is 1.81. The third kappa shape index (κ3) is 3.33. The number of nitrogens with zero attached hydrogens (tertiary/aromatic N) is 1. The number of piperidine rings is 1. The smallest absolute Gasteiger partial charge is 0.0746 e. The minimum absolute atomic E-state index is 0.450. The summed E-state index contributed by atoms with van der Waals surface area (Å²) in [5, 5.41) is 9.78. The van der Waals surface area contributed by atoms with Crippen molar-refractivity contribution < 1.29 is 5.11 Å². The van der Waals surface area contributed by atoms with Gasteiger partial charge in [-0.15, -0.1) is 0 Å². The van der Waals surface area contributed by atoms with E-state index >= 15 is 0 Å². The molecule has 0 aromatic carbocycles. The summed E-state index contributed by atoms with van der Waals surface area (Å²) < 4.78 is 0. The number of aliphatic hydroxyl groups is 1. The van der Waals surface area contributed by atoms with Crippen molar-refractivity contribution in [3.05, 3.63) is 0 Å². The van der Waals surface area contributed by atoms with E-state index in [1.807, 2.05) is 6.92 Å². The van der Waals surface area contributed by atoms with Crippen LogP contribution in [0.3, 0.4) is 0 Å². The lowest BCUT2D eigenvalue weighted by atomic mass is 9.95. The predicted octanol–water partition coefficient (Wildman–Crippen LogP) is 1.15. The van der Waals surface area contributed by atoms with Gasteiger partial charge in [-0.3, -0.25) is 0 Å². The Morgan fingerprint density at radius 2 is 2.33 bits per heavy atom. The van der Waals surface area contributed by atoms with E-state index in [0.717, 1.165) is 44.6 Å². The SMILES string of the molecule is CC1(O)CCCN(CCCS)C1. The first-order chi connectivity index (χ1) is 5.64. The molecule has 1 heterocycles. The molecule has 1 saturated heterocycles. The molecule has 1 aliphatic rings. The molecule has 1 atom stereocenters. The summed E-state index contributed by atoms with van der Waals surface area (Å²) in [4.78, 5) is 2.33. The normalized spacial score (nSPS) is 32.2. The highest BCUT2D eigenvalue weighted by Crippen LogP contribution is 2.19. The molecule has 1 fully saturated rings. The topological polar surface area (TPSA) is 23.5 Å². The van der Waals surface area contributed by atoms with Crippen molar-refractivity contribution in [3.63, 3.8) is 0 Å². The lowest BCUT2D eigenvalue weighted by molar-refractivity contribution is -0.0152. The highest BCUT2D eigenvalue weighted by Gasteiger charge is 2.27. The lowest BCUT2D eigenvalue weighted by Crippen LogP contribution is -2.46. The van der Waals surface area contributed by atoms with E-state index in [9.17, 15) is 5.11 Å². The van der Waals surface area contributed by atoms with Gasteiger partial charge in [-0.25, -0.2) is 0 Å². The summed E-state index contributed by atoms with van der Waals surface area (Å²) in [7, 11) is 0. The molecular formula is C9H19NOS. The van der Waals surface area contributed by atoms with Crippen molar-refractivity contribution in [1.29, 1.82) is 0 Å². The second-order valence-corrected chi connectivity index (χ2v) is 4.40. The lowest BCUT2D eigenvalue weighted by Gasteiger charge is -2.36. The van der Waals surface area contributed by atoms with Crippen molar-refractivity contribution >= 4 is 12.6 Å². The zero-order valence-corrected chi connectivity index (χ0v) is 8.69. The Hall–Kier alpha value is 0.270. The van der Waals surface area contributed by atoms with Crippen LogP contribution in [0.4, 0.5) is 0 Å². The highest BCUT2D eigenvalue weighted by molar-refractivity contribution is 7.80. The molecule has 1 rings (SSSR count).